The molecule has 0 aliphatic heterocycles. The van der Waals surface area contributed by atoms with E-state index in [0.29, 0.717) is 23.6 Å². The molecule has 0 saturated carbocycles. The van der Waals surface area contributed by atoms with Gasteiger partial charge in [-0.2, -0.15) is 0 Å². The molecular weight excluding hydrogens is 408 g/mol. The zero-order chi connectivity index (χ0) is 22.3. The molecule has 1 N–H and O–H groups in total. The van der Waals surface area contributed by atoms with Gasteiger partial charge in [-0.05, 0) is 36.2 Å². The predicted octanol–water partition coefficient (Wildman–Crippen LogP) is 2.75. The molecular formula is C21H28N2O6S. The Bertz CT molecular complexity index is 960. The van der Waals surface area contributed by atoms with E-state index in [1.807, 2.05) is 31.2 Å². The van der Waals surface area contributed by atoms with Gasteiger partial charge in [0, 0.05) is 6.07 Å². The number of hydrogen-bond donors (Lipinski definition) is 1. The smallest absolute Gasteiger partial charge is 0.241 e. The molecule has 9 heteroatoms. The van der Waals surface area contributed by atoms with Crippen LogP contribution in [0.25, 0.3) is 0 Å². The van der Waals surface area contributed by atoms with E-state index in [2.05, 4.69) is 5.32 Å². The molecule has 0 aliphatic carbocycles. The molecule has 0 fully saturated rings. The molecule has 0 heterocycles. The average molecular weight is 437 g/mol. The molecule has 8 nitrogen and oxygen atoms in total. The van der Waals surface area contributed by atoms with Crippen molar-refractivity contribution in [2.24, 2.45) is 0 Å². The highest BCUT2D eigenvalue weighted by molar-refractivity contribution is 7.92. The minimum Gasteiger partial charge on any atom is -0.497 e. The first kappa shape index (κ1) is 23.3. The van der Waals surface area contributed by atoms with Crippen molar-refractivity contribution in [2.75, 3.05) is 38.4 Å². The third-order valence-electron chi connectivity index (χ3n) is 4.60. The summed E-state index contributed by atoms with van der Waals surface area (Å²) in [5.74, 6) is 1.13. The van der Waals surface area contributed by atoms with E-state index in [1.54, 1.807) is 19.2 Å². The number of nitrogens with zero attached hydrogens (tertiary/aromatic N) is 1. The number of sulfonamides is 1. The van der Waals surface area contributed by atoms with Crippen molar-refractivity contribution in [1.82, 2.24) is 5.32 Å². The fourth-order valence-corrected chi connectivity index (χ4v) is 3.86. The van der Waals surface area contributed by atoms with Crippen LogP contribution in [0.5, 0.6) is 17.2 Å². The highest BCUT2D eigenvalue weighted by atomic mass is 32.2. The summed E-state index contributed by atoms with van der Waals surface area (Å²) < 4.78 is 41.4. The maximum Gasteiger partial charge on any atom is 0.241 e. The molecule has 0 spiro atoms. The molecule has 2 aromatic rings. The van der Waals surface area contributed by atoms with Crippen LogP contribution < -0.4 is 23.8 Å². The van der Waals surface area contributed by atoms with Gasteiger partial charge in [-0.15, -0.1) is 0 Å². The Kier molecular flexibility index (Phi) is 7.93. The van der Waals surface area contributed by atoms with Gasteiger partial charge in [0.05, 0.1) is 39.3 Å². The van der Waals surface area contributed by atoms with Gasteiger partial charge < -0.3 is 19.5 Å². The van der Waals surface area contributed by atoms with Crippen LogP contribution in [0.2, 0.25) is 0 Å². The number of nitrogens with one attached hydrogen (secondary N) is 1. The lowest BCUT2D eigenvalue weighted by molar-refractivity contribution is -0.120. The van der Waals surface area contributed by atoms with Gasteiger partial charge in [-0.3, -0.25) is 9.10 Å². The minimum absolute atomic E-state index is 0.254. The number of anilines is 1. The Hall–Kier alpha value is -2.94. The Morgan fingerprint density at radius 3 is 2.13 bits per heavy atom. The van der Waals surface area contributed by atoms with Crippen molar-refractivity contribution >= 4 is 21.6 Å². The van der Waals surface area contributed by atoms with E-state index in [0.717, 1.165) is 21.9 Å². The minimum atomic E-state index is -3.71. The van der Waals surface area contributed by atoms with Crippen molar-refractivity contribution in [2.45, 2.75) is 19.4 Å². The Morgan fingerprint density at radius 2 is 1.63 bits per heavy atom. The lowest BCUT2D eigenvalue weighted by Gasteiger charge is -2.25. The fraction of sp³-hybridized carbons (Fsp3) is 0.381. The van der Waals surface area contributed by atoms with Gasteiger partial charge >= 0.3 is 0 Å². The van der Waals surface area contributed by atoms with E-state index in [-0.39, 0.29) is 12.6 Å². The number of ether oxygens (including phenoxy) is 3. The molecule has 0 bridgehead atoms. The first-order valence-corrected chi connectivity index (χ1v) is 11.2. The third-order valence-corrected chi connectivity index (χ3v) is 5.74. The first-order chi connectivity index (χ1) is 14.2. The number of hydrogen-bond acceptors (Lipinski definition) is 6. The molecule has 1 amide bonds. The number of carbonyl (C=O) groups excluding carboxylic acids is 1. The third kappa shape index (κ3) is 5.79. The molecule has 0 radical (unpaired) electrons. The van der Waals surface area contributed by atoms with Crippen LogP contribution in [0.4, 0.5) is 5.69 Å². The predicted molar refractivity (Wildman–Crippen MR) is 116 cm³/mol. The summed E-state index contributed by atoms with van der Waals surface area (Å²) in [7, 11) is 0.819. The average Bonchev–Trinajstić information content (AvgIpc) is 2.74. The molecule has 0 unspecified atom stereocenters. The van der Waals surface area contributed by atoms with Gasteiger partial charge in [-0.1, -0.05) is 19.1 Å². The number of rotatable bonds is 10. The van der Waals surface area contributed by atoms with Gasteiger partial charge in [0.25, 0.3) is 0 Å². The molecule has 164 valence electrons. The molecule has 0 aliphatic rings. The van der Waals surface area contributed by atoms with Crippen LogP contribution >= 0.6 is 0 Å². The lowest BCUT2D eigenvalue weighted by Crippen LogP contribution is -2.41. The van der Waals surface area contributed by atoms with Crippen molar-refractivity contribution in [3.8, 4) is 17.2 Å². The topological polar surface area (TPSA) is 94.2 Å². The van der Waals surface area contributed by atoms with Crippen LogP contribution in [-0.2, 0) is 14.8 Å². The van der Waals surface area contributed by atoms with E-state index < -0.39 is 15.9 Å². The Morgan fingerprint density at radius 1 is 1.00 bits per heavy atom. The molecule has 2 aromatic carbocycles. The summed E-state index contributed by atoms with van der Waals surface area (Å²) in [6.07, 6.45) is 1.70. The van der Waals surface area contributed by atoms with Crippen LogP contribution in [0.1, 0.15) is 24.9 Å². The van der Waals surface area contributed by atoms with Crippen molar-refractivity contribution in [3.05, 3.63) is 48.0 Å². The van der Waals surface area contributed by atoms with Gasteiger partial charge in [0.15, 0.2) is 11.5 Å². The van der Waals surface area contributed by atoms with Crippen LogP contribution in [0, 0.1) is 0 Å². The monoisotopic (exact) mass is 436 g/mol. The molecule has 0 saturated heterocycles. The normalized spacial score (nSPS) is 12.0. The Balaban J connectivity index is 2.22. The van der Waals surface area contributed by atoms with Gasteiger partial charge in [0.1, 0.15) is 12.3 Å². The van der Waals surface area contributed by atoms with Crippen LogP contribution in [0.15, 0.2) is 42.5 Å². The number of methoxy groups -OCH3 is 3. The molecule has 1 atom stereocenters. The second-order valence-electron chi connectivity index (χ2n) is 6.61. The second kappa shape index (κ2) is 10.2. The largest absolute Gasteiger partial charge is 0.497 e. The maximum atomic E-state index is 12.7. The summed E-state index contributed by atoms with van der Waals surface area (Å²) in [4.78, 5) is 12.7. The van der Waals surface area contributed by atoms with Crippen molar-refractivity contribution < 1.29 is 27.4 Å². The fourth-order valence-electron chi connectivity index (χ4n) is 3.01. The van der Waals surface area contributed by atoms with E-state index in [1.165, 1.54) is 20.3 Å². The van der Waals surface area contributed by atoms with Crippen molar-refractivity contribution in [3.63, 3.8) is 0 Å². The summed E-state index contributed by atoms with van der Waals surface area (Å²) in [6.45, 7) is 1.58. The zero-order valence-corrected chi connectivity index (χ0v) is 18.7. The summed E-state index contributed by atoms with van der Waals surface area (Å²) >= 11 is 0. The maximum absolute atomic E-state index is 12.7. The van der Waals surface area contributed by atoms with Crippen LogP contribution in [-0.4, -0.2) is 48.5 Å². The summed E-state index contributed by atoms with van der Waals surface area (Å²) in [6, 6.07) is 11.8. The SMILES string of the molecule is CC[C@H](NC(=O)CN(c1ccc(OC)c(OC)c1)S(C)(=O)=O)c1ccc(OC)cc1. The highest BCUT2D eigenvalue weighted by Crippen LogP contribution is 2.32. The Labute approximate surface area is 177 Å². The van der Waals surface area contributed by atoms with E-state index in [9.17, 15) is 13.2 Å². The number of amides is 1. The summed E-state index contributed by atoms with van der Waals surface area (Å²) in [5, 5.41) is 2.90. The van der Waals surface area contributed by atoms with Gasteiger partial charge in [0.2, 0.25) is 15.9 Å². The number of carbonyl (C=O) groups is 1. The van der Waals surface area contributed by atoms with Gasteiger partial charge in [-0.25, -0.2) is 8.42 Å². The first-order valence-electron chi connectivity index (χ1n) is 9.36. The second-order valence-corrected chi connectivity index (χ2v) is 8.52. The molecule has 30 heavy (non-hydrogen) atoms. The lowest BCUT2D eigenvalue weighted by atomic mass is 10.0. The number of benzene rings is 2. The highest BCUT2D eigenvalue weighted by Gasteiger charge is 2.23. The quantitative estimate of drug-likeness (QED) is 0.616. The molecule has 0 aromatic heterocycles. The van der Waals surface area contributed by atoms with E-state index in [4.69, 9.17) is 14.2 Å². The standard InChI is InChI=1S/C21H28N2O6S/c1-6-18(15-7-10-17(27-2)11-8-15)22-21(24)14-23(30(5,25)26)16-9-12-19(28-3)20(13-16)29-4/h7-13,18H,6,14H2,1-5H3,(H,22,24)/t18-/m0/s1. The van der Waals surface area contributed by atoms with Crippen LogP contribution in [0.3, 0.4) is 0 Å². The summed E-state index contributed by atoms with van der Waals surface area (Å²) in [5.41, 5.74) is 1.21. The molecule has 2 rings (SSSR count). The van der Waals surface area contributed by atoms with E-state index >= 15 is 0 Å². The zero-order valence-electron chi connectivity index (χ0n) is 17.8. The van der Waals surface area contributed by atoms with Crippen molar-refractivity contribution in [1.29, 1.82) is 0 Å².